The molecule has 3 heterocycles. The van der Waals surface area contributed by atoms with Gasteiger partial charge < -0.3 is 9.64 Å². The Bertz CT molecular complexity index is 1260. The molecule has 0 saturated heterocycles. The van der Waals surface area contributed by atoms with Crippen LogP contribution in [0.3, 0.4) is 0 Å². The number of carbonyl (C=O) groups is 1. The summed E-state index contributed by atoms with van der Waals surface area (Å²) in [6.07, 6.45) is -4.69. The number of anilines is 3. The third kappa shape index (κ3) is 4.15. The lowest BCUT2D eigenvalue weighted by Gasteiger charge is -2.39. The lowest BCUT2D eigenvalue weighted by molar-refractivity contribution is -0.141. The third-order valence-electron chi connectivity index (χ3n) is 5.61. The molecule has 1 aliphatic heterocycles. The Balaban J connectivity index is 1.93. The molecule has 10 heteroatoms. The van der Waals surface area contributed by atoms with Crippen LogP contribution in [0.1, 0.15) is 47.1 Å². The van der Waals surface area contributed by atoms with E-state index < -0.39 is 23.6 Å². The number of alkyl halides is 3. The molecule has 0 atom stereocenters. The van der Waals surface area contributed by atoms with E-state index in [0.29, 0.717) is 28.5 Å². The molecule has 3 aromatic rings. The number of methoxy groups -OCH3 is 1. The average Bonchev–Trinajstić information content (AvgIpc) is 2.79. The summed E-state index contributed by atoms with van der Waals surface area (Å²) in [6, 6.07) is 9.22. The zero-order chi connectivity index (χ0) is 24.8. The summed E-state index contributed by atoms with van der Waals surface area (Å²) >= 11 is 0. The number of rotatable bonds is 4. The van der Waals surface area contributed by atoms with Crippen molar-refractivity contribution in [2.24, 2.45) is 0 Å². The van der Waals surface area contributed by atoms with E-state index in [0.717, 1.165) is 12.1 Å². The molecule has 34 heavy (non-hydrogen) atoms. The summed E-state index contributed by atoms with van der Waals surface area (Å²) in [6.45, 7) is 5.26. The molecule has 0 N–H and O–H groups in total. The molecular formula is C24H22F4N4O2. The minimum atomic E-state index is -4.69. The lowest BCUT2D eigenvalue weighted by atomic mass is 9.99. The Morgan fingerprint density at radius 3 is 2.32 bits per heavy atom. The third-order valence-corrected chi connectivity index (χ3v) is 5.61. The quantitative estimate of drug-likeness (QED) is 0.446. The van der Waals surface area contributed by atoms with Gasteiger partial charge in [0.15, 0.2) is 0 Å². The van der Waals surface area contributed by atoms with E-state index in [1.165, 1.54) is 35.1 Å². The summed E-state index contributed by atoms with van der Waals surface area (Å²) in [5.74, 6) is -0.903. The van der Waals surface area contributed by atoms with Crippen LogP contribution >= 0.6 is 0 Å². The number of benzene rings is 1. The second-order valence-corrected chi connectivity index (χ2v) is 8.18. The number of amides is 1. The van der Waals surface area contributed by atoms with E-state index in [-0.39, 0.29) is 24.0 Å². The highest BCUT2D eigenvalue weighted by Gasteiger charge is 2.38. The zero-order valence-electron chi connectivity index (χ0n) is 18.9. The van der Waals surface area contributed by atoms with Crippen LogP contribution in [0.15, 0.2) is 42.5 Å². The van der Waals surface area contributed by atoms with Gasteiger partial charge in [0.2, 0.25) is 5.88 Å². The highest BCUT2D eigenvalue weighted by Crippen LogP contribution is 2.40. The van der Waals surface area contributed by atoms with Crippen LogP contribution < -0.4 is 14.5 Å². The Morgan fingerprint density at radius 1 is 1.00 bits per heavy atom. The molecule has 0 radical (unpaired) electrons. The minimum absolute atomic E-state index is 0.00602. The first-order valence-electron chi connectivity index (χ1n) is 10.5. The number of aromatic nitrogens is 2. The number of ether oxygens (including phenoxy) is 1. The number of hydrogen-bond acceptors (Lipinski definition) is 5. The molecule has 1 aliphatic rings. The molecule has 0 saturated carbocycles. The van der Waals surface area contributed by atoms with Crippen LogP contribution in [0.2, 0.25) is 0 Å². The number of nitrogens with zero attached hydrogens (tertiary/aromatic N) is 4. The summed E-state index contributed by atoms with van der Waals surface area (Å²) in [5, 5.41) is 0. The van der Waals surface area contributed by atoms with Crippen LogP contribution in [0.25, 0.3) is 0 Å². The fourth-order valence-electron chi connectivity index (χ4n) is 3.94. The van der Waals surface area contributed by atoms with Crippen molar-refractivity contribution in [3.05, 3.63) is 70.8 Å². The van der Waals surface area contributed by atoms with Crippen molar-refractivity contribution in [3.63, 3.8) is 0 Å². The number of fused-ring (bicyclic) bond motifs is 1. The number of halogens is 4. The second-order valence-electron chi connectivity index (χ2n) is 8.18. The summed E-state index contributed by atoms with van der Waals surface area (Å²) in [5.41, 5.74) is 0.875. The molecular weight excluding hydrogens is 452 g/mol. The van der Waals surface area contributed by atoms with Gasteiger partial charge in [-0.1, -0.05) is 13.8 Å². The number of pyridine rings is 2. The first-order chi connectivity index (χ1) is 16.0. The summed E-state index contributed by atoms with van der Waals surface area (Å²) < 4.78 is 59.6. The van der Waals surface area contributed by atoms with Crippen molar-refractivity contribution < 1.29 is 27.1 Å². The molecule has 178 valence electrons. The molecule has 0 bridgehead atoms. The van der Waals surface area contributed by atoms with E-state index in [9.17, 15) is 22.4 Å². The highest BCUT2D eigenvalue weighted by molar-refractivity contribution is 6.12. The normalized spacial score (nSPS) is 14.0. The van der Waals surface area contributed by atoms with E-state index in [1.807, 2.05) is 13.8 Å². The van der Waals surface area contributed by atoms with Gasteiger partial charge in [-0.3, -0.25) is 9.69 Å². The summed E-state index contributed by atoms with van der Waals surface area (Å²) in [4.78, 5) is 24.4. The van der Waals surface area contributed by atoms with Crippen LogP contribution in [0.4, 0.5) is 34.8 Å². The molecule has 0 unspecified atom stereocenters. The van der Waals surface area contributed by atoms with Gasteiger partial charge in [-0.05, 0) is 54.8 Å². The number of hydrogen-bond donors (Lipinski definition) is 0. The maximum Gasteiger partial charge on any atom is 0.433 e. The maximum absolute atomic E-state index is 14.1. The van der Waals surface area contributed by atoms with Gasteiger partial charge in [0, 0.05) is 11.8 Å². The standard InChI is InChI=1S/C24H22F4N4O2/c1-13(2)17-11-15(25)5-7-19(17)31-12-32(18-8-10-21(34-4)29-14(18)3)23(33)16-6-9-20(24(26,27)28)30-22(16)31/h5-11,13H,12H2,1-4H3. The molecule has 0 fully saturated rings. The Kier molecular flexibility index (Phi) is 5.93. The smallest absolute Gasteiger partial charge is 0.433 e. The van der Waals surface area contributed by atoms with Gasteiger partial charge in [0.25, 0.3) is 5.91 Å². The van der Waals surface area contributed by atoms with Crippen LogP contribution in [0.5, 0.6) is 5.88 Å². The monoisotopic (exact) mass is 474 g/mol. The van der Waals surface area contributed by atoms with Crippen molar-refractivity contribution in [2.75, 3.05) is 23.6 Å². The van der Waals surface area contributed by atoms with Gasteiger partial charge in [0.1, 0.15) is 24.0 Å². The van der Waals surface area contributed by atoms with Gasteiger partial charge in [-0.15, -0.1) is 0 Å². The van der Waals surface area contributed by atoms with Gasteiger partial charge >= 0.3 is 6.18 Å². The first kappa shape index (κ1) is 23.5. The van der Waals surface area contributed by atoms with Crippen molar-refractivity contribution in [1.82, 2.24) is 9.97 Å². The Hall–Kier alpha value is -3.69. The van der Waals surface area contributed by atoms with E-state index in [2.05, 4.69) is 9.97 Å². The molecule has 2 aromatic heterocycles. The molecule has 4 rings (SSSR count). The molecule has 6 nitrogen and oxygen atoms in total. The fraction of sp³-hybridized carbons (Fsp3) is 0.292. The SMILES string of the molecule is COc1ccc(N2CN(c3ccc(F)cc3C(C)C)c3nc(C(F)(F)F)ccc3C2=O)c(C)n1. The van der Waals surface area contributed by atoms with E-state index in [1.54, 1.807) is 19.1 Å². The van der Waals surface area contributed by atoms with Crippen molar-refractivity contribution >= 4 is 23.1 Å². The van der Waals surface area contributed by atoms with Crippen LogP contribution in [-0.2, 0) is 6.18 Å². The van der Waals surface area contributed by atoms with E-state index >= 15 is 0 Å². The lowest BCUT2D eigenvalue weighted by Crippen LogP contribution is -2.46. The Morgan fingerprint density at radius 2 is 1.71 bits per heavy atom. The Labute approximate surface area is 193 Å². The highest BCUT2D eigenvalue weighted by atomic mass is 19.4. The number of aryl methyl sites for hydroxylation is 1. The van der Waals surface area contributed by atoms with Crippen molar-refractivity contribution in [1.29, 1.82) is 0 Å². The predicted octanol–water partition coefficient (Wildman–Crippen LogP) is 5.83. The number of carbonyl (C=O) groups excluding carboxylic acids is 1. The molecule has 0 aliphatic carbocycles. The zero-order valence-corrected chi connectivity index (χ0v) is 18.9. The topological polar surface area (TPSA) is 58.6 Å². The molecule has 0 spiro atoms. The first-order valence-corrected chi connectivity index (χ1v) is 10.5. The second kappa shape index (κ2) is 8.58. The summed E-state index contributed by atoms with van der Waals surface area (Å²) in [7, 11) is 1.47. The van der Waals surface area contributed by atoms with Crippen molar-refractivity contribution in [2.45, 2.75) is 32.9 Å². The van der Waals surface area contributed by atoms with E-state index in [4.69, 9.17) is 4.74 Å². The maximum atomic E-state index is 14.1. The largest absolute Gasteiger partial charge is 0.481 e. The predicted molar refractivity (Wildman–Crippen MR) is 119 cm³/mol. The van der Waals surface area contributed by atoms with Crippen LogP contribution in [-0.4, -0.2) is 29.7 Å². The van der Waals surface area contributed by atoms with Gasteiger partial charge in [0.05, 0.1) is 24.1 Å². The van der Waals surface area contributed by atoms with Crippen molar-refractivity contribution in [3.8, 4) is 5.88 Å². The van der Waals surface area contributed by atoms with Gasteiger partial charge in [-0.25, -0.2) is 14.4 Å². The van der Waals surface area contributed by atoms with Crippen LogP contribution in [0, 0.1) is 12.7 Å². The van der Waals surface area contributed by atoms with Gasteiger partial charge in [-0.2, -0.15) is 13.2 Å². The molecule has 1 amide bonds. The average molecular weight is 474 g/mol. The minimum Gasteiger partial charge on any atom is -0.481 e. The fourth-order valence-corrected chi connectivity index (χ4v) is 3.94. The molecule has 1 aromatic carbocycles.